The van der Waals surface area contributed by atoms with Crippen molar-refractivity contribution in [1.82, 2.24) is 9.88 Å². The third kappa shape index (κ3) is 5.08. The second-order valence-corrected chi connectivity index (χ2v) is 8.92. The second kappa shape index (κ2) is 10.1. The number of aromatic nitrogens is 1. The first-order valence-corrected chi connectivity index (χ1v) is 11.5. The van der Waals surface area contributed by atoms with E-state index in [4.69, 9.17) is 16.6 Å². The van der Waals surface area contributed by atoms with Crippen molar-refractivity contribution < 1.29 is 0 Å². The number of pyridine rings is 1. The summed E-state index contributed by atoms with van der Waals surface area (Å²) in [5, 5.41) is 5.53. The van der Waals surface area contributed by atoms with Gasteiger partial charge in [-0.1, -0.05) is 41.9 Å². The molecule has 164 valence electrons. The fourth-order valence-corrected chi connectivity index (χ4v) is 5.01. The van der Waals surface area contributed by atoms with E-state index in [2.05, 4.69) is 57.6 Å². The van der Waals surface area contributed by atoms with Gasteiger partial charge >= 0.3 is 0 Å². The molecule has 0 saturated carbocycles. The largest absolute Gasteiger partial charge is 0.371 e. The Morgan fingerprint density at radius 1 is 0.935 bits per heavy atom. The van der Waals surface area contributed by atoms with E-state index in [9.17, 15) is 0 Å². The van der Waals surface area contributed by atoms with Crippen LogP contribution in [0.15, 0.2) is 54.6 Å². The van der Waals surface area contributed by atoms with Crippen LogP contribution in [0, 0.1) is 0 Å². The number of para-hydroxylation sites is 1. The summed E-state index contributed by atoms with van der Waals surface area (Å²) in [6.45, 7) is 5.56. The molecule has 1 aromatic heterocycles. The van der Waals surface area contributed by atoms with Gasteiger partial charge in [0, 0.05) is 47.8 Å². The number of hydrogen-bond donors (Lipinski definition) is 1. The van der Waals surface area contributed by atoms with Crippen LogP contribution in [-0.2, 0) is 6.54 Å². The Bertz CT molecular complexity index is 994. The fourth-order valence-electron chi connectivity index (χ4n) is 4.88. The molecule has 3 heterocycles. The number of nitrogens with one attached hydrogen (secondary N) is 1. The molecule has 0 radical (unpaired) electrons. The number of piperidine rings is 1. The monoisotopic (exact) mass is 456 g/mol. The summed E-state index contributed by atoms with van der Waals surface area (Å²) in [4.78, 5) is 10.1. The van der Waals surface area contributed by atoms with Crippen LogP contribution in [0.2, 0.25) is 5.02 Å². The Balaban J connectivity index is 0.00000231. The second-order valence-electron chi connectivity index (χ2n) is 8.49. The van der Waals surface area contributed by atoms with Crippen molar-refractivity contribution in [3.05, 3.63) is 65.2 Å². The topological polar surface area (TPSA) is 31.4 Å². The Morgan fingerprint density at radius 3 is 2.39 bits per heavy atom. The zero-order chi connectivity index (χ0) is 20.3. The first-order chi connectivity index (χ1) is 14.8. The summed E-state index contributed by atoms with van der Waals surface area (Å²) >= 11 is 6.01. The van der Waals surface area contributed by atoms with E-state index < -0.39 is 0 Å². The van der Waals surface area contributed by atoms with Gasteiger partial charge in [-0.2, -0.15) is 0 Å². The summed E-state index contributed by atoms with van der Waals surface area (Å²) in [5.41, 5.74) is 3.55. The smallest absolute Gasteiger partial charge is 0.129 e. The zero-order valence-corrected chi connectivity index (χ0v) is 19.3. The van der Waals surface area contributed by atoms with Crippen molar-refractivity contribution in [2.24, 2.45) is 0 Å². The van der Waals surface area contributed by atoms with Crippen molar-refractivity contribution in [1.29, 1.82) is 0 Å². The lowest BCUT2D eigenvalue weighted by molar-refractivity contribution is 0.208. The minimum Gasteiger partial charge on any atom is -0.371 e. The molecular formula is C25H30Cl2N4. The minimum absolute atomic E-state index is 0. The molecule has 0 unspecified atom stereocenters. The molecule has 2 aliphatic heterocycles. The van der Waals surface area contributed by atoms with E-state index in [1.54, 1.807) is 0 Å². The quantitative estimate of drug-likeness (QED) is 0.510. The first-order valence-electron chi connectivity index (χ1n) is 11.1. The lowest BCUT2D eigenvalue weighted by atomic mass is 10.0. The predicted octanol–water partition coefficient (Wildman–Crippen LogP) is 5.99. The molecule has 2 aliphatic rings. The molecule has 6 heteroatoms. The van der Waals surface area contributed by atoms with Crippen molar-refractivity contribution in [3.63, 3.8) is 0 Å². The average molecular weight is 457 g/mol. The highest BCUT2D eigenvalue weighted by atomic mass is 35.5. The van der Waals surface area contributed by atoms with Crippen LogP contribution < -0.4 is 10.2 Å². The van der Waals surface area contributed by atoms with E-state index in [1.807, 2.05) is 12.1 Å². The molecule has 2 saturated heterocycles. The van der Waals surface area contributed by atoms with Crippen molar-refractivity contribution in [2.45, 2.75) is 38.3 Å². The van der Waals surface area contributed by atoms with Crippen LogP contribution in [0.1, 0.15) is 31.2 Å². The van der Waals surface area contributed by atoms with E-state index in [-0.39, 0.29) is 12.4 Å². The molecule has 2 fully saturated rings. The van der Waals surface area contributed by atoms with Crippen LogP contribution in [0.3, 0.4) is 0 Å². The zero-order valence-electron chi connectivity index (χ0n) is 17.8. The third-order valence-electron chi connectivity index (χ3n) is 6.54. The molecule has 2 aromatic carbocycles. The van der Waals surface area contributed by atoms with Gasteiger partial charge in [-0.15, -0.1) is 12.4 Å². The maximum absolute atomic E-state index is 6.01. The summed E-state index contributed by atoms with van der Waals surface area (Å²) < 4.78 is 0. The van der Waals surface area contributed by atoms with E-state index >= 15 is 0 Å². The van der Waals surface area contributed by atoms with Gasteiger partial charge in [-0.05, 0) is 62.5 Å². The lowest BCUT2D eigenvalue weighted by Gasteiger charge is -2.38. The average Bonchev–Trinajstić information content (AvgIpc) is 3.33. The number of benzene rings is 2. The summed E-state index contributed by atoms with van der Waals surface area (Å²) in [5.74, 6) is 0.931. The van der Waals surface area contributed by atoms with Crippen molar-refractivity contribution >= 4 is 46.4 Å². The van der Waals surface area contributed by atoms with Crippen LogP contribution in [0.5, 0.6) is 0 Å². The molecule has 0 amide bonds. The molecular weight excluding hydrogens is 427 g/mol. The van der Waals surface area contributed by atoms with Gasteiger partial charge < -0.3 is 15.1 Å². The minimum atomic E-state index is 0. The van der Waals surface area contributed by atoms with Crippen LogP contribution in [0.25, 0.3) is 10.9 Å². The molecule has 0 bridgehead atoms. The van der Waals surface area contributed by atoms with Crippen molar-refractivity contribution in [3.8, 4) is 0 Å². The number of fused-ring (bicyclic) bond motifs is 1. The normalized spacial score (nSPS) is 17.6. The molecule has 0 atom stereocenters. The Hall–Kier alpha value is -2.01. The van der Waals surface area contributed by atoms with Crippen LogP contribution >= 0.6 is 24.0 Å². The van der Waals surface area contributed by atoms with Gasteiger partial charge in [-0.3, -0.25) is 0 Å². The highest BCUT2D eigenvalue weighted by Crippen LogP contribution is 2.32. The maximum Gasteiger partial charge on any atom is 0.129 e. The molecule has 1 N–H and O–H groups in total. The van der Waals surface area contributed by atoms with Gasteiger partial charge in [0.1, 0.15) is 5.82 Å². The first kappa shape index (κ1) is 22.2. The lowest BCUT2D eigenvalue weighted by Crippen LogP contribution is -2.43. The molecule has 0 spiro atoms. The summed E-state index contributed by atoms with van der Waals surface area (Å²) in [7, 11) is 0. The molecule has 5 rings (SSSR count). The third-order valence-corrected chi connectivity index (χ3v) is 6.80. The maximum atomic E-state index is 6.01. The molecule has 31 heavy (non-hydrogen) atoms. The van der Waals surface area contributed by atoms with Crippen LogP contribution in [0.4, 0.5) is 11.5 Å². The van der Waals surface area contributed by atoms with E-state index in [0.29, 0.717) is 0 Å². The van der Waals surface area contributed by atoms with Gasteiger partial charge in [-0.25, -0.2) is 4.98 Å². The number of rotatable bonds is 5. The number of likely N-dealkylation sites (tertiary alicyclic amines) is 1. The van der Waals surface area contributed by atoms with Gasteiger partial charge in [0.05, 0.1) is 5.52 Å². The van der Waals surface area contributed by atoms with Crippen molar-refractivity contribution in [2.75, 3.05) is 36.4 Å². The summed E-state index contributed by atoms with van der Waals surface area (Å²) in [6, 6.07) is 19.5. The predicted molar refractivity (Wildman–Crippen MR) is 134 cm³/mol. The van der Waals surface area contributed by atoms with E-state index in [1.165, 1.54) is 55.4 Å². The molecule has 3 aromatic rings. The molecule has 0 aliphatic carbocycles. The van der Waals surface area contributed by atoms with Crippen LogP contribution in [-0.4, -0.2) is 42.1 Å². The highest BCUT2D eigenvalue weighted by Gasteiger charge is 2.27. The number of nitrogens with zero attached hydrogens (tertiary/aromatic N) is 3. The van der Waals surface area contributed by atoms with E-state index in [0.717, 1.165) is 42.0 Å². The highest BCUT2D eigenvalue weighted by molar-refractivity contribution is 6.30. The number of hydrogen-bond acceptors (Lipinski definition) is 4. The summed E-state index contributed by atoms with van der Waals surface area (Å²) in [6.07, 6.45) is 5.25. The molecule has 4 nitrogen and oxygen atoms in total. The number of halogens is 2. The Labute approximate surface area is 196 Å². The fraction of sp³-hybridized carbons (Fsp3) is 0.400. The van der Waals surface area contributed by atoms with Gasteiger partial charge in [0.15, 0.2) is 0 Å². The SMILES string of the molecule is Cl.Clc1ccc(CNc2cc(N3CCC(N4CCCC4)CC3)c3ccccc3n2)cc1. The number of anilines is 2. The van der Waals surface area contributed by atoms with Gasteiger partial charge in [0.25, 0.3) is 0 Å². The van der Waals surface area contributed by atoms with Gasteiger partial charge in [0.2, 0.25) is 0 Å². The Kier molecular flexibility index (Phi) is 7.21. The Morgan fingerprint density at radius 2 is 1.65 bits per heavy atom. The standard InChI is InChI=1S/C25H29ClN4.ClH/c26-20-9-7-19(8-10-20)18-27-25-17-24(22-5-1-2-6-23(22)28-25)30-15-11-21(12-16-30)29-13-3-4-14-29;/h1-2,5-10,17,21H,3-4,11-16,18H2,(H,27,28);1H.